The van der Waals surface area contributed by atoms with Gasteiger partial charge in [-0.15, -0.1) is 0 Å². The van der Waals surface area contributed by atoms with Gasteiger partial charge in [0.1, 0.15) is 23.4 Å². The summed E-state index contributed by atoms with van der Waals surface area (Å²) < 4.78 is 57.4. The Morgan fingerprint density at radius 2 is 1.59 bits per heavy atom. The van der Waals surface area contributed by atoms with Crippen LogP contribution in [0.4, 0.5) is 0 Å². The highest BCUT2D eigenvalue weighted by atomic mass is 16.7. The summed E-state index contributed by atoms with van der Waals surface area (Å²) in [4.78, 5) is 46.9. The number of hydrogen-bond acceptors (Lipinski definition) is 16. The number of rotatable bonds is 13. The summed E-state index contributed by atoms with van der Waals surface area (Å²) in [6, 6.07) is 9.01. The maximum Gasteiger partial charge on any atom is 0.339 e. The van der Waals surface area contributed by atoms with E-state index in [1.165, 1.54) is 13.1 Å². The number of methoxy groups -OCH3 is 2. The molecule has 0 radical (unpaired) electrons. The summed E-state index contributed by atoms with van der Waals surface area (Å²) in [5.41, 5.74) is -2.57. The maximum atomic E-state index is 14.8. The second kappa shape index (κ2) is 23.3. The first-order chi connectivity index (χ1) is 31.9. The van der Waals surface area contributed by atoms with Gasteiger partial charge < -0.3 is 57.7 Å². The fourth-order valence-corrected chi connectivity index (χ4v) is 11.5. The van der Waals surface area contributed by atoms with Gasteiger partial charge in [-0.25, -0.2) is 4.79 Å². The van der Waals surface area contributed by atoms with Gasteiger partial charge in [0.2, 0.25) is 0 Å². The van der Waals surface area contributed by atoms with Crippen LogP contribution in [-0.2, 0) is 52.2 Å². The molecule has 1 aromatic heterocycles. The van der Waals surface area contributed by atoms with Crippen LogP contribution in [-0.4, -0.2) is 151 Å². The van der Waals surface area contributed by atoms with Gasteiger partial charge in [-0.1, -0.05) is 45.9 Å². The summed E-state index contributed by atoms with van der Waals surface area (Å²) in [5.74, 6) is -3.96. The number of fused-ring (bicyclic) bond motifs is 1. The second-order valence-corrected chi connectivity index (χ2v) is 20.9. The SMILES string of the molecule is CC[C@H]1OC(=O)[C@H](C)[C@@H](OC2C[C@@](C)(OC)[C@@H](OC(C)=O)[C@H](C)O2)[C@@H](C)[C@@H](O[C@@H]2O[C@H](C)C[C@H](N(C)C)[C@H]2O)[C@](C)(OC)C[C@@H](C)CC(C)[C@H](CCOC(=O)c2cnc3ccccc3c2)[C@]1(C)O. The summed E-state index contributed by atoms with van der Waals surface area (Å²) in [5, 5.41) is 25.4. The molecule has 3 aliphatic heterocycles. The van der Waals surface area contributed by atoms with E-state index in [1.54, 1.807) is 41.1 Å². The summed E-state index contributed by atoms with van der Waals surface area (Å²) >= 11 is 0. The molecule has 0 amide bonds. The van der Waals surface area contributed by atoms with Crippen molar-refractivity contribution in [3.63, 3.8) is 0 Å². The smallest absolute Gasteiger partial charge is 0.339 e. The van der Waals surface area contributed by atoms with Crippen molar-refractivity contribution in [3.05, 3.63) is 42.1 Å². The third-order valence-corrected chi connectivity index (χ3v) is 15.3. The number of aliphatic hydroxyl groups is 2. The quantitative estimate of drug-likeness (QED) is 0.156. The van der Waals surface area contributed by atoms with E-state index < -0.39 is 102 Å². The van der Waals surface area contributed by atoms with Gasteiger partial charge in [0, 0.05) is 51.1 Å². The van der Waals surface area contributed by atoms with Crippen LogP contribution in [0, 0.1) is 29.6 Å². The lowest BCUT2D eigenvalue weighted by molar-refractivity contribution is -0.320. The number of pyridine rings is 1. The molecule has 16 nitrogen and oxygen atoms in total. The summed E-state index contributed by atoms with van der Waals surface area (Å²) in [6.07, 6.45) is -3.61. The van der Waals surface area contributed by atoms with Crippen LogP contribution in [0.25, 0.3) is 10.9 Å². The van der Waals surface area contributed by atoms with E-state index in [9.17, 15) is 24.6 Å². The number of carbonyl (C=O) groups is 3. The number of aromatic nitrogens is 1. The number of carbonyl (C=O) groups excluding carboxylic acids is 3. The molecule has 2 aromatic rings. The molecule has 0 saturated carbocycles. The molecule has 3 fully saturated rings. The molecule has 16 heteroatoms. The molecule has 4 heterocycles. The Balaban J connectivity index is 1.54. The fraction of sp³-hybridized carbons (Fsp3) is 0.769. The predicted molar refractivity (Wildman–Crippen MR) is 254 cm³/mol. The third-order valence-electron chi connectivity index (χ3n) is 15.3. The Kier molecular flexibility index (Phi) is 19.0. The number of nitrogens with zero attached hydrogens (tertiary/aromatic N) is 2. The van der Waals surface area contributed by atoms with Crippen molar-refractivity contribution in [1.29, 1.82) is 0 Å². The van der Waals surface area contributed by atoms with Gasteiger partial charge in [0.25, 0.3) is 0 Å². The van der Waals surface area contributed by atoms with E-state index in [0.29, 0.717) is 24.8 Å². The van der Waals surface area contributed by atoms with Crippen LogP contribution in [0.5, 0.6) is 0 Å². The van der Waals surface area contributed by atoms with Gasteiger partial charge in [0.05, 0.1) is 53.6 Å². The molecule has 2 unspecified atom stereocenters. The van der Waals surface area contributed by atoms with E-state index in [2.05, 4.69) is 18.8 Å². The predicted octanol–water partition coefficient (Wildman–Crippen LogP) is 6.88. The lowest BCUT2D eigenvalue weighted by atomic mass is 9.70. The number of likely N-dealkylation sites (N-methyl/N-ethyl adjacent to an activating group) is 1. The highest BCUT2D eigenvalue weighted by Crippen LogP contribution is 2.44. The zero-order chi connectivity index (χ0) is 50.5. The summed E-state index contributed by atoms with van der Waals surface area (Å²) in [6.45, 7) is 20.3. The van der Waals surface area contributed by atoms with Crippen molar-refractivity contribution in [2.24, 2.45) is 29.6 Å². The minimum atomic E-state index is -1.56. The topological polar surface area (TPSA) is 191 Å². The molecule has 0 aliphatic carbocycles. The number of aliphatic hydroxyl groups excluding tert-OH is 1. The molecule has 1 aromatic carbocycles. The van der Waals surface area contributed by atoms with Gasteiger partial charge in [-0.3, -0.25) is 14.6 Å². The maximum absolute atomic E-state index is 14.8. The standard InChI is InChI=1S/C52H82N2O14/c1-16-41-52(11,59)38(21-22-62-48(58)37-25-36-19-17-18-20-39(36)53-28-37)30(3)23-29(2)26-50(9,60-14)45(68-49-43(56)40(54(12)13)24-31(4)63-49)32(5)44(33(6)47(57)66-41)67-42-27-51(10,61-15)46(34(7)64-42)65-35(8)55/h17-20,25,28-34,38,40-46,49,56,59H,16,21-24,26-27H2,1-15H3/t29-,30?,31+,32+,33+,34-,38-,40-,41+,42?,43+,44-,45+,46-,49-,50+,51+,52-/m0/s1. The van der Waals surface area contributed by atoms with E-state index >= 15 is 0 Å². The highest BCUT2D eigenvalue weighted by Gasteiger charge is 2.54. The van der Waals surface area contributed by atoms with Crippen molar-refractivity contribution in [3.8, 4) is 0 Å². The van der Waals surface area contributed by atoms with Gasteiger partial charge in [0.15, 0.2) is 18.7 Å². The monoisotopic (exact) mass is 959 g/mol. The lowest BCUT2D eigenvalue weighted by Crippen LogP contribution is -2.61. The average Bonchev–Trinajstić information content (AvgIpc) is 3.28. The van der Waals surface area contributed by atoms with Crippen molar-refractivity contribution in [2.45, 2.75) is 193 Å². The number of benzene rings is 1. The molecule has 2 N–H and O–H groups in total. The Bertz CT molecular complexity index is 1980. The molecule has 0 spiro atoms. The normalized spacial score (nSPS) is 40.0. The summed E-state index contributed by atoms with van der Waals surface area (Å²) in [7, 11) is 7.00. The van der Waals surface area contributed by atoms with Gasteiger partial charge >= 0.3 is 17.9 Å². The average molecular weight is 959 g/mol. The molecule has 0 bridgehead atoms. The van der Waals surface area contributed by atoms with Gasteiger partial charge in [-0.05, 0) is 118 Å². The largest absolute Gasteiger partial charge is 0.462 e. The first kappa shape index (κ1) is 55.6. The first-order valence-corrected chi connectivity index (χ1v) is 24.6. The minimum absolute atomic E-state index is 0.000288. The second-order valence-electron chi connectivity index (χ2n) is 20.9. The Morgan fingerprint density at radius 1 is 0.926 bits per heavy atom. The fourth-order valence-electron chi connectivity index (χ4n) is 11.5. The van der Waals surface area contributed by atoms with Crippen molar-refractivity contribution >= 4 is 28.8 Å². The number of para-hydroxylation sites is 1. The third kappa shape index (κ3) is 12.8. The van der Waals surface area contributed by atoms with Crippen LogP contribution in [0.15, 0.2) is 36.5 Å². The van der Waals surface area contributed by atoms with Crippen molar-refractivity contribution in [2.75, 3.05) is 34.9 Å². The van der Waals surface area contributed by atoms with Crippen molar-refractivity contribution in [1.82, 2.24) is 9.88 Å². The van der Waals surface area contributed by atoms with E-state index in [1.807, 2.05) is 77.9 Å². The number of cyclic esters (lactones) is 1. The molecule has 384 valence electrons. The zero-order valence-electron chi connectivity index (χ0n) is 43.3. The van der Waals surface area contributed by atoms with Crippen molar-refractivity contribution < 1.29 is 67.2 Å². The Morgan fingerprint density at radius 3 is 2.22 bits per heavy atom. The first-order valence-electron chi connectivity index (χ1n) is 24.6. The van der Waals surface area contributed by atoms with Crippen LogP contribution in [0.2, 0.25) is 0 Å². The zero-order valence-corrected chi connectivity index (χ0v) is 43.3. The Labute approximate surface area is 404 Å². The Hall–Kier alpha value is -3.32. The molecular weight excluding hydrogens is 877 g/mol. The molecule has 18 atom stereocenters. The number of hydrogen-bond donors (Lipinski definition) is 2. The van der Waals surface area contributed by atoms with E-state index in [0.717, 1.165) is 10.9 Å². The molecule has 3 saturated heterocycles. The molecular formula is C52H82N2O14. The van der Waals surface area contributed by atoms with Crippen LogP contribution in [0.3, 0.4) is 0 Å². The number of ether oxygens (including phenoxy) is 9. The van der Waals surface area contributed by atoms with E-state index in [4.69, 9.17) is 42.6 Å². The van der Waals surface area contributed by atoms with Crippen LogP contribution in [0.1, 0.15) is 125 Å². The lowest BCUT2D eigenvalue weighted by Gasteiger charge is -2.50. The van der Waals surface area contributed by atoms with Crippen LogP contribution < -0.4 is 0 Å². The minimum Gasteiger partial charge on any atom is -0.462 e. The highest BCUT2D eigenvalue weighted by molar-refractivity contribution is 5.93. The molecule has 5 rings (SSSR count). The van der Waals surface area contributed by atoms with E-state index in [-0.39, 0.29) is 49.9 Å². The number of esters is 3. The van der Waals surface area contributed by atoms with Gasteiger partial charge in [-0.2, -0.15) is 0 Å². The van der Waals surface area contributed by atoms with Crippen LogP contribution >= 0.6 is 0 Å². The molecule has 68 heavy (non-hydrogen) atoms. The molecule has 3 aliphatic rings.